The van der Waals surface area contributed by atoms with Crippen LogP contribution < -0.4 is 19.5 Å². The predicted octanol–water partition coefficient (Wildman–Crippen LogP) is 3.50. The molecule has 4 aromatic rings. The zero-order valence-electron chi connectivity index (χ0n) is 22.6. The minimum atomic E-state index is -1.01. The third kappa shape index (κ3) is 5.86. The van der Waals surface area contributed by atoms with Gasteiger partial charge in [0.25, 0.3) is 5.91 Å². The van der Waals surface area contributed by atoms with E-state index < -0.39 is 6.04 Å². The van der Waals surface area contributed by atoms with E-state index in [1.165, 1.54) is 16.0 Å². The Hall–Kier alpha value is -4.87. The van der Waals surface area contributed by atoms with E-state index >= 15 is 0 Å². The molecular weight excluding hydrogens is 528 g/mol. The van der Waals surface area contributed by atoms with Crippen LogP contribution in [0.4, 0.5) is 0 Å². The summed E-state index contributed by atoms with van der Waals surface area (Å²) in [5.41, 5.74) is 1.49. The summed E-state index contributed by atoms with van der Waals surface area (Å²) in [6.07, 6.45) is 5.43. The molecule has 212 valence electrons. The largest absolute Gasteiger partial charge is 0.497 e. The maximum atomic E-state index is 14.0. The molecule has 1 aliphatic carbocycles. The first-order valence-electron chi connectivity index (χ1n) is 13.5. The first kappa shape index (κ1) is 26.4. The molecule has 2 amide bonds. The smallest absolute Gasteiger partial charge is 0.250 e. The normalized spacial score (nSPS) is 15.0. The van der Waals surface area contributed by atoms with Gasteiger partial charge < -0.3 is 28.8 Å². The van der Waals surface area contributed by atoms with Gasteiger partial charge in [-0.3, -0.25) is 9.59 Å². The molecule has 3 heterocycles. The summed E-state index contributed by atoms with van der Waals surface area (Å²) in [4.78, 5) is 30.4. The van der Waals surface area contributed by atoms with E-state index in [4.69, 9.17) is 18.6 Å². The minimum Gasteiger partial charge on any atom is -0.497 e. The molecule has 0 spiro atoms. The van der Waals surface area contributed by atoms with Crippen LogP contribution >= 0.6 is 0 Å². The van der Waals surface area contributed by atoms with Gasteiger partial charge in [-0.15, -0.1) is 10.2 Å². The van der Waals surface area contributed by atoms with Crippen LogP contribution in [-0.4, -0.2) is 56.9 Å². The highest BCUT2D eigenvalue weighted by Gasteiger charge is 2.35. The quantitative estimate of drug-likeness (QED) is 0.310. The minimum absolute atomic E-state index is 0.0616. The van der Waals surface area contributed by atoms with Crippen molar-refractivity contribution in [1.29, 1.82) is 0 Å². The number of hydrogen-bond donors (Lipinski definition) is 1. The highest BCUT2D eigenvalue weighted by atomic mass is 16.7. The Labute approximate surface area is 236 Å². The molecule has 1 fully saturated rings. The van der Waals surface area contributed by atoms with E-state index in [1.54, 1.807) is 37.4 Å². The van der Waals surface area contributed by atoms with E-state index in [0.717, 1.165) is 36.8 Å². The van der Waals surface area contributed by atoms with Crippen molar-refractivity contribution in [3.05, 3.63) is 72.2 Å². The van der Waals surface area contributed by atoms with Gasteiger partial charge in [-0.05, 0) is 72.1 Å². The summed E-state index contributed by atoms with van der Waals surface area (Å²) in [7, 11) is 1.59. The molecule has 12 heteroatoms. The van der Waals surface area contributed by atoms with Crippen molar-refractivity contribution in [3.8, 4) is 28.6 Å². The molecule has 2 aromatic heterocycles. The van der Waals surface area contributed by atoms with Crippen molar-refractivity contribution >= 4 is 11.8 Å². The lowest BCUT2D eigenvalue weighted by molar-refractivity contribution is -0.143. The molecule has 1 saturated carbocycles. The van der Waals surface area contributed by atoms with E-state index in [9.17, 15) is 9.59 Å². The third-order valence-corrected chi connectivity index (χ3v) is 7.26. The van der Waals surface area contributed by atoms with Crippen molar-refractivity contribution in [2.75, 3.05) is 13.9 Å². The van der Waals surface area contributed by atoms with Crippen molar-refractivity contribution in [1.82, 2.24) is 30.4 Å². The van der Waals surface area contributed by atoms with E-state index in [2.05, 4.69) is 20.7 Å². The molecule has 1 N–H and O–H groups in total. The lowest BCUT2D eigenvalue weighted by atomic mass is 10.1. The zero-order valence-corrected chi connectivity index (χ0v) is 22.6. The topological polar surface area (TPSA) is 134 Å². The number of furan rings is 1. The molecule has 41 heavy (non-hydrogen) atoms. The van der Waals surface area contributed by atoms with Crippen molar-refractivity contribution in [3.63, 3.8) is 0 Å². The first-order chi connectivity index (χ1) is 20.1. The number of ether oxygens (including phenoxy) is 3. The van der Waals surface area contributed by atoms with Crippen molar-refractivity contribution in [2.24, 2.45) is 0 Å². The van der Waals surface area contributed by atoms with Gasteiger partial charge in [-0.1, -0.05) is 18.9 Å². The molecule has 1 atom stereocenters. The van der Waals surface area contributed by atoms with Crippen LogP contribution in [0.5, 0.6) is 17.2 Å². The maximum Gasteiger partial charge on any atom is 0.250 e. The Bertz CT molecular complexity index is 1500. The van der Waals surface area contributed by atoms with Crippen molar-refractivity contribution < 1.29 is 28.2 Å². The second-order valence-electron chi connectivity index (χ2n) is 9.99. The summed E-state index contributed by atoms with van der Waals surface area (Å²) >= 11 is 0. The lowest BCUT2D eigenvalue weighted by Gasteiger charge is -2.30. The predicted molar refractivity (Wildman–Crippen MR) is 145 cm³/mol. The Morgan fingerprint density at radius 3 is 2.66 bits per heavy atom. The van der Waals surface area contributed by atoms with Crippen LogP contribution in [0.2, 0.25) is 0 Å². The number of carbonyl (C=O) groups is 2. The second-order valence-corrected chi connectivity index (χ2v) is 9.99. The van der Waals surface area contributed by atoms with Crippen LogP contribution in [0.15, 0.2) is 65.3 Å². The van der Waals surface area contributed by atoms with E-state index in [1.807, 2.05) is 24.3 Å². The lowest BCUT2D eigenvalue weighted by Crippen LogP contribution is -2.46. The molecule has 0 saturated heterocycles. The summed E-state index contributed by atoms with van der Waals surface area (Å²) in [5.74, 6) is 1.96. The average Bonchev–Trinajstić information content (AvgIpc) is 3.81. The summed E-state index contributed by atoms with van der Waals surface area (Å²) in [5, 5.41) is 15.8. The number of amides is 2. The van der Waals surface area contributed by atoms with Crippen LogP contribution in [0, 0.1) is 0 Å². The van der Waals surface area contributed by atoms with Crippen molar-refractivity contribution in [2.45, 2.75) is 50.9 Å². The van der Waals surface area contributed by atoms with E-state index in [0.29, 0.717) is 28.8 Å². The fraction of sp³-hybridized carbons (Fsp3) is 0.345. The third-order valence-electron chi connectivity index (χ3n) is 7.26. The van der Waals surface area contributed by atoms with Crippen LogP contribution in [0.3, 0.4) is 0 Å². The van der Waals surface area contributed by atoms with Gasteiger partial charge in [-0.2, -0.15) is 4.80 Å². The van der Waals surface area contributed by atoms with Gasteiger partial charge in [0.1, 0.15) is 18.1 Å². The average molecular weight is 559 g/mol. The van der Waals surface area contributed by atoms with Gasteiger partial charge in [-0.25, -0.2) is 0 Å². The molecule has 1 aliphatic heterocycles. The van der Waals surface area contributed by atoms with Gasteiger partial charge in [0.05, 0.1) is 13.4 Å². The number of nitrogens with zero attached hydrogens (tertiary/aromatic N) is 5. The number of rotatable bonds is 10. The van der Waals surface area contributed by atoms with Crippen LogP contribution in [0.1, 0.15) is 43.0 Å². The zero-order chi connectivity index (χ0) is 28.2. The summed E-state index contributed by atoms with van der Waals surface area (Å²) in [6.45, 7) is 0.00925. The standard InChI is InChI=1S/C29H30N6O6/c1-38-22-11-9-20(10-12-22)28-31-33-35(32-28)17-26(36)34(16-19-8-13-23-25(15-19)41-18-40-23)27(24-7-4-14-39-24)29(37)30-21-5-2-3-6-21/h4,7-15,21,27H,2-3,5-6,16-18H2,1H3,(H,30,37)/t27-/m0/s1. The van der Waals surface area contributed by atoms with Gasteiger partial charge in [0.15, 0.2) is 17.5 Å². The highest BCUT2D eigenvalue weighted by molar-refractivity contribution is 5.88. The number of methoxy groups -OCH3 is 1. The summed E-state index contributed by atoms with van der Waals surface area (Å²) < 4.78 is 21.9. The Morgan fingerprint density at radius 2 is 1.90 bits per heavy atom. The number of nitrogens with one attached hydrogen (secondary N) is 1. The van der Waals surface area contributed by atoms with Gasteiger partial charge >= 0.3 is 0 Å². The fourth-order valence-corrected chi connectivity index (χ4v) is 5.16. The molecule has 12 nitrogen and oxygen atoms in total. The second kappa shape index (κ2) is 11.7. The first-order valence-corrected chi connectivity index (χ1v) is 13.5. The monoisotopic (exact) mass is 558 g/mol. The Kier molecular flexibility index (Phi) is 7.52. The Balaban J connectivity index is 1.29. The SMILES string of the molecule is COc1ccc(-c2nnn(CC(=O)N(Cc3ccc4c(c3)OCO4)[C@H](C(=O)NC3CCCC3)c3ccco3)n2)cc1. The molecule has 0 unspecified atom stereocenters. The number of fused-ring (bicyclic) bond motifs is 1. The number of aromatic nitrogens is 4. The van der Waals surface area contributed by atoms with Crippen LogP contribution in [0.25, 0.3) is 11.4 Å². The number of carbonyl (C=O) groups excluding carboxylic acids is 2. The van der Waals surface area contributed by atoms with E-state index in [-0.39, 0.29) is 37.7 Å². The van der Waals surface area contributed by atoms with Gasteiger partial charge in [0.2, 0.25) is 18.5 Å². The Morgan fingerprint density at radius 1 is 1.10 bits per heavy atom. The van der Waals surface area contributed by atoms with Crippen LogP contribution in [-0.2, 0) is 22.7 Å². The molecule has 2 aliphatic rings. The molecule has 0 radical (unpaired) electrons. The molecular formula is C29H30N6O6. The molecule has 6 rings (SSSR count). The fourth-order valence-electron chi connectivity index (χ4n) is 5.16. The number of tetrazole rings is 1. The van der Waals surface area contributed by atoms with Gasteiger partial charge in [0, 0.05) is 18.2 Å². The highest BCUT2D eigenvalue weighted by Crippen LogP contribution is 2.34. The maximum absolute atomic E-state index is 14.0. The summed E-state index contributed by atoms with van der Waals surface area (Å²) in [6, 6.07) is 15.1. The number of hydrogen-bond acceptors (Lipinski definition) is 9. The molecule has 2 aromatic carbocycles. The number of benzene rings is 2. The molecule has 0 bridgehead atoms.